The van der Waals surface area contributed by atoms with E-state index in [9.17, 15) is 4.79 Å². The second-order valence-electron chi connectivity index (χ2n) is 5.61. The average Bonchev–Trinajstić information content (AvgIpc) is 2.92. The molecule has 0 aliphatic carbocycles. The summed E-state index contributed by atoms with van der Waals surface area (Å²) < 4.78 is 5.61. The van der Waals surface area contributed by atoms with Crippen molar-refractivity contribution in [2.75, 3.05) is 6.54 Å². The fourth-order valence-electron chi connectivity index (χ4n) is 2.41. The first kappa shape index (κ1) is 17.8. The van der Waals surface area contributed by atoms with Crippen molar-refractivity contribution in [1.82, 2.24) is 10.6 Å². The zero-order valence-electron chi connectivity index (χ0n) is 12.9. The largest absolute Gasteiger partial charge is 0.491 e. The van der Waals surface area contributed by atoms with Crippen LogP contribution in [0.25, 0.3) is 0 Å². The highest BCUT2D eigenvalue weighted by Gasteiger charge is 2.23. The van der Waals surface area contributed by atoms with Gasteiger partial charge in [-0.05, 0) is 57.9 Å². The van der Waals surface area contributed by atoms with Crippen LogP contribution in [0, 0.1) is 0 Å². The number of carbonyl (C=O) groups is 1. The van der Waals surface area contributed by atoms with Crippen molar-refractivity contribution in [1.29, 1.82) is 0 Å². The van der Waals surface area contributed by atoms with E-state index < -0.39 is 0 Å². The van der Waals surface area contributed by atoms with Crippen LogP contribution in [0.5, 0.6) is 5.75 Å². The van der Waals surface area contributed by atoms with E-state index in [1.165, 1.54) is 0 Å². The number of amides is 1. The summed E-state index contributed by atoms with van der Waals surface area (Å²) in [5.74, 6) is 0.956. The molecular weight excluding hydrogens is 288 g/mol. The number of rotatable bonds is 5. The van der Waals surface area contributed by atoms with Crippen LogP contribution in [0.4, 0.5) is 0 Å². The first-order valence-corrected chi connectivity index (χ1v) is 7.36. The summed E-state index contributed by atoms with van der Waals surface area (Å²) >= 11 is 0. The molecule has 2 unspecified atom stereocenters. The number of halogens is 1. The molecule has 1 aliphatic rings. The highest BCUT2D eigenvalue weighted by atomic mass is 35.5. The van der Waals surface area contributed by atoms with Crippen LogP contribution in [-0.4, -0.2) is 24.6 Å². The van der Waals surface area contributed by atoms with Crippen molar-refractivity contribution in [2.45, 2.75) is 51.8 Å². The molecule has 1 heterocycles. The minimum Gasteiger partial charge on any atom is -0.491 e. The molecule has 0 bridgehead atoms. The average molecular weight is 313 g/mol. The molecule has 1 aromatic rings. The number of carbonyl (C=O) groups excluding carboxylic acids is 1. The van der Waals surface area contributed by atoms with Crippen LogP contribution >= 0.6 is 12.4 Å². The standard InChI is InChI=1S/C16H24N2O2.ClH/c1-11(2)20-14-8-6-13(7-9-14)12(3)18-16(19)15-5-4-10-17-15;/h6-9,11-12,15,17H,4-5,10H2,1-3H3,(H,18,19);1H. The molecule has 21 heavy (non-hydrogen) atoms. The van der Waals surface area contributed by atoms with Crippen molar-refractivity contribution in [2.24, 2.45) is 0 Å². The topological polar surface area (TPSA) is 50.4 Å². The molecule has 1 aromatic carbocycles. The third-order valence-corrected chi connectivity index (χ3v) is 3.49. The van der Waals surface area contributed by atoms with E-state index in [-0.39, 0.29) is 36.5 Å². The van der Waals surface area contributed by atoms with Crippen LogP contribution in [-0.2, 0) is 4.79 Å². The summed E-state index contributed by atoms with van der Waals surface area (Å²) in [5, 5.41) is 6.27. The quantitative estimate of drug-likeness (QED) is 0.879. The van der Waals surface area contributed by atoms with Gasteiger partial charge in [-0.1, -0.05) is 12.1 Å². The molecular formula is C16H25ClN2O2. The number of hydrogen-bond acceptors (Lipinski definition) is 3. The second-order valence-corrected chi connectivity index (χ2v) is 5.61. The number of hydrogen-bond donors (Lipinski definition) is 2. The molecule has 2 N–H and O–H groups in total. The SMILES string of the molecule is CC(C)Oc1ccc(C(C)NC(=O)C2CCCN2)cc1.Cl. The minimum atomic E-state index is -0.0269. The van der Waals surface area contributed by atoms with E-state index in [2.05, 4.69) is 10.6 Å². The number of benzene rings is 1. The lowest BCUT2D eigenvalue weighted by atomic mass is 10.1. The Kier molecular flexibility index (Phi) is 6.99. The predicted octanol–water partition coefficient (Wildman–Crippen LogP) is 2.82. The van der Waals surface area contributed by atoms with E-state index in [1.807, 2.05) is 45.0 Å². The molecule has 1 saturated heterocycles. The van der Waals surface area contributed by atoms with Gasteiger partial charge in [0.05, 0.1) is 18.2 Å². The van der Waals surface area contributed by atoms with Gasteiger partial charge in [0.2, 0.25) is 5.91 Å². The molecule has 0 spiro atoms. The Morgan fingerprint density at radius 1 is 1.29 bits per heavy atom. The summed E-state index contributed by atoms with van der Waals surface area (Å²) in [6.45, 7) is 6.95. The number of ether oxygens (including phenoxy) is 1. The van der Waals surface area contributed by atoms with Gasteiger partial charge in [0.1, 0.15) is 5.75 Å². The first-order chi connectivity index (χ1) is 9.56. The van der Waals surface area contributed by atoms with Gasteiger partial charge < -0.3 is 15.4 Å². The zero-order valence-corrected chi connectivity index (χ0v) is 13.7. The second kappa shape index (κ2) is 8.25. The Morgan fingerprint density at radius 2 is 1.95 bits per heavy atom. The highest BCUT2D eigenvalue weighted by molar-refractivity contribution is 5.85. The maximum atomic E-state index is 12.0. The lowest BCUT2D eigenvalue weighted by molar-refractivity contribution is -0.123. The zero-order chi connectivity index (χ0) is 14.5. The van der Waals surface area contributed by atoms with E-state index >= 15 is 0 Å². The van der Waals surface area contributed by atoms with Gasteiger partial charge in [0.15, 0.2) is 0 Å². The molecule has 0 saturated carbocycles. The van der Waals surface area contributed by atoms with E-state index in [0.717, 1.165) is 30.7 Å². The van der Waals surface area contributed by atoms with E-state index in [1.54, 1.807) is 0 Å². The summed E-state index contributed by atoms with van der Waals surface area (Å²) in [5.41, 5.74) is 1.09. The van der Waals surface area contributed by atoms with Crippen LogP contribution in [0.3, 0.4) is 0 Å². The smallest absolute Gasteiger partial charge is 0.237 e. The fraction of sp³-hybridized carbons (Fsp3) is 0.562. The normalized spacial score (nSPS) is 19.0. The molecule has 1 amide bonds. The van der Waals surface area contributed by atoms with Crippen molar-refractivity contribution in [3.63, 3.8) is 0 Å². The predicted molar refractivity (Wildman–Crippen MR) is 87.0 cm³/mol. The van der Waals surface area contributed by atoms with Gasteiger partial charge in [-0.15, -0.1) is 12.4 Å². The van der Waals surface area contributed by atoms with Gasteiger partial charge in [-0.25, -0.2) is 0 Å². The van der Waals surface area contributed by atoms with Crippen molar-refractivity contribution >= 4 is 18.3 Å². The van der Waals surface area contributed by atoms with Gasteiger partial charge in [0.25, 0.3) is 0 Å². The van der Waals surface area contributed by atoms with Crippen molar-refractivity contribution in [3.8, 4) is 5.75 Å². The molecule has 4 nitrogen and oxygen atoms in total. The van der Waals surface area contributed by atoms with Gasteiger partial charge in [-0.2, -0.15) is 0 Å². The lowest BCUT2D eigenvalue weighted by Gasteiger charge is -2.18. The molecule has 1 aliphatic heterocycles. The van der Waals surface area contributed by atoms with Gasteiger partial charge in [0, 0.05) is 0 Å². The third kappa shape index (κ3) is 5.21. The van der Waals surface area contributed by atoms with Gasteiger partial charge in [-0.3, -0.25) is 4.79 Å². The maximum absolute atomic E-state index is 12.0. The molecule has 5 heteroatoms. The lowest BCUT2D eigenvalue weighted by Crippen LogP contribution is -2.41. The number of nitrogens with one attached hydrogen (secondary N) is 2. The Labute approximate surface area is 133 Å². The summed E-state index contributed by atoms with van der Waals surface area (Å²) in [6, 6.07) is 7.89. The van der Waals surface area contributed by atoms with Crippen LogP contribution in [0.15, 0.2) is 24.3 Å². The van der Waals surface area contributed by atoms with E-state index in [4.69, 9.17) is 4.74 Å². The third-order valence-electron chi connectivity index (χ3n) is 3.49. The summed E-state index contributed by atoms with van der Waals surface area (Å²) in [6.07, 6.45) is 2.18. The monoisotopic (exact) mass is 312 g/mol. The molecule has 2 rings (SSSR count). The molecule has 118 valence electrons. The maximum Gasteiger partial charge on any atom is 0.237 e. The Balaban J connectivity index is 0.00000220. The van der Waals surface area contributed by atoms with Crippen molar-refractivity contribution in [3.05, 3.63) is 29.8 Å². The molecule has 0 aromatic heterocycles. The first-order valence-electron chi connectivity index (χ1n) is 7.36. The van der Waals surface area contributed by atoms with Crippen LogP contribution in [0.1, 0.15) is 45.2 Å². The highest BCUT2D eigenvalue weighted by Crippen LogP contribution is 2.19. The Hall–Kier alpha value is -1.26. The van der Waals surface area contributed by atoms with Crippen LogP contribution in [0.2, 0.25) is 0 Å². The Morgan fingerprint density at radius 3 is 2.48 bits per heavy atom. The van der Waals surface area contributed by atoms with Gasteiger partial charge >= 0.3 is 0 Å². The van der Waals surface area contributed by atoms with E-state index in [0.29, 0.717) is 0 Å². The van der Waals surface area contributed by atoms with Crippen molar-refractivity contribution < 1.29 is 9.53 Å². The molecule has 2 atom stereocenters. The van der Waals surface area contributed by atoms with Crippen LogP contribution < -0.4 is 15.4 Å². The minimum absolute atomic E-state index is 0. The Bertz CT molecular complexity index is 442. The summed E-state index contributed by atoms with van der Waals surface area (Å²) in [4.78, 5) is 12.0. The molecule has 0 radical (unpaired) electrons. The fourth-order valence-corrected chi connectivity index (χ4v) is 2.41. The molecule has 1 fully saturated rings. The summed E-state index contributed by atoms with van der Waals surface area (Å²) in [7, 11) is 0.